The summed E-state index contributed by atoms with van der Waals surface area (Å²) in [6.07, 6.45) is 0. The molecule has 0 N–H and O–H groups in total. The molecule has 0 amide bonds. The molecule has 151 valence electrons. The number of fused-ring (bicyclic) bond motifs is 3. The van der Waals surface area contributed by atoms with Crippen molar-refractivity contribution in [2.24, 2.45) is 0 Å². The molecule has 0 aliphatic heterocycles. The molecule has 0 unspecified atom stereocenters. The summed E-state index contributed by atoms with van der Waals surface area (Å²) in [7, 11) is 0. The second-order valence-corrected chi connectivity index (χ2v) is 10.9. The molecule has 6 rings (SSSR count). The molecule has 3 aromatic heterocycles. The van der Waals surface area contributed by atoms with Crippen molar-refractivity contribution in [3.05, 3.63) is 72.8 Å². The van der Waals surface area contributed by atoms with Gasteiger partial charge in [-0.05, 0) is 45.3 Å². The van der Waals surface area contributed by atoms with Gasteiger partial charge in [-0.25, -0.2) is 0 Å². The van der Waals surface area contributed by atoms with E-state index in [2.05, 4.69) is 15.0 Å². The van der Waals surface area contributed by atoms with Gasteiger partial charge in [0.15, 0.2) is 0 Å². The molecule has 6 aromatic rings. The van der Waals surface area contributed by atoms with E-state index < -0.39 is 0 Å². The Bertz CT molecular complexity index is 1140. The van der Waals surface area contributed by atoms with Crippen LogP contribution in [0.4, 0.5) is 0 Å². The zero-order valence-electron chi connectivity index (χ0n) is 15.7. The molecule has 0 atom stereocenters. The van der Waals surface area contributed by atoms with E-state index in [0.717, 1.165) is 29.6 Å². The van der Waals surface area contributed by atoms with Crippen LogP contribution in [0.25, 0.3) is 30.6 Å². The normalized spacial score (nSPS) is 10.1. The third kappa shape index (κ3) is 6.91. The van der Waals surface area contributed by atoms with Crippen molar-refractivity contribution in [1.29, 1.82) is 0 Å². The minimum absolute atomic E-state index is 0. The zero-order chi connectivity index (χ0) is 20.9. The summed E-state index contributed by atoms with van der Waals surface area (Å²) in [6.45, 7) is 0. The van der Waals surface area contributed by atoms with Crippen LogP contribution in [-0.4, -0.2) is 15.0 Å². The molecule has 0 spiro atoms. The van der Waals surface area contributed by atoms with Crippen molar-refractivity contribution in [3.63, 3.8) is 0 Å². The first-order chi connectivity index (χ1) is 14.6. The molecule has 0 saturated carbocycles. The Hall–Kier alpha value is -0.659. The fourth-order valence-electron chi connectivity index (χ4n) is 2.55. The van der Waals surface area contributed by atoms with Crippen LogP contribution in [0.3, 0.4) is 0 Å². The molecule has 0 fully saturated rings. The molecule has 0 aliphatic carbocycles. The van der Waals surface area contributed by atoms with Crippen LogP contribution in [0.5, 0.6) is 0 Å². The fourth-order valence-corrected chi connectivity index (χ4v) is 5.75. The van der Waals surface area contributed by atoms with Gasteiger partial charge < -0.3 is 71.9 Å². The standard InChI is InChI=1S/3C7H5NS2.Nd/c3*9-7-8-5-3-1-2-4-6(5)10-7;/h3*1-4H,(H,8,9);/q;;;+3/p-3. The first-order valence-corrected chi connectivity index (χ1v) is 12.3. The summed E-state index contributed by atoms with van der Waals surface area (Å²) in [5.41, 5.74) is 3.03. The molecule has 10 heteroatoms. The van der Waals surface area contributed by atoms with Gasteiger partial charge in [-0.3, -0.25) is 15.0 Å². The summed E-state index contributed by atoms with van der Waals surface area (Å²) in [5.74, 6) is 0. The van der Waals surface area contributed by atoms with Crippen LogP contribution in [-0.2, 0) is 37.9 Å². The number of hydrogen-bond donors (Lipinski definition) is 0. The van der Waals surface area contributed by atoms with E-state index in [1.165, 1.54) is 14.1 Å². The van der Waals surface area contributed by atoms with Crippen molar-refractivity contribution >= 4 is 103 Å². The fraction of sp³-hybridized carbons (Fsp3) is 0. The third-order valence-corrected chi connectivity index (χ3v) is 7.34. The SMILES string of the molecule is [Nd+3].[S-]c1nc2ccccc2s1.[S-]c1nc2ccccc2s1.[S-]c1nc2ccccc2s1. The Morgan fingerprint density at radius 1 is 0.452 bits per heavy atom. The number of rotatable bonds is 0. The third-order valence-electron chi connectivity index (χ3n) is 3.82. The Kier molecular flexibility index (Phi) is 9.66. The molecule has 0 saturated heterocycles. The number of hydrogen-bond acceptors (Lipinski definition) is 9. The number of benzene rings is 3. The van der Waals surface area contributed by atoms with Crippen LogP contribution in [0.1, 0.15) is 0 Å². The first kappa shape index (κ1) is 25.0. The van der Waals surface area contributed by atoms with E-state index in [0.29, 0.717) is 0 Å². The van der Waals surface area contributed by atoms with Crippen molar-refractivity contribution in [2.75, 3.05) is 0 Å². The molecular weight excluding hydrogens is 631 g/mol. The van der Waals surface area contributed by atoms with E-state index >= 15 is 0 Å². The summed E-state index contributed by atoms with van der Waals surface area (Å²) < 4.78 is 5.69. The number of aromatic nitrogens is 3. The molecule has 3 aromatic carbocycles. The molecular formula is C21H12N3NdS6. The summed E-state index contributed by atoms with van der Waals surface area (Å²) in [4.78, 5) is 12.4. The van der Waals surface area contributed by atoms with Gasteiger partial charge in [0.2, 0.25) is 0 Å². The number of para-hydroxylation sites is 3. The van der Waals surface area contributed by atoms with Gasteiger partial charge in [0, 0.05) is 0 Å². The smallest absolute Gasteiger partial charge is 0.408 e. The second kappa shape index (κ2) is 12.0. The number of thiazole rings is 3. The Morgan fingerprint density at radius 3 is 0.968 bits per heavy atom. The summed E-state index contributed by atoms with van der Waals surface area (Å²) >= 11 is 19.4. The average molecular weight is 643 g/mol. The van der Waals surface area contributed by atoms with Gasteiger partial charge >= 0.3 is 40.8 Å². The van der Waals surface area contributed by atoms with Crippen LogP contribution < -0.4 is 0 Å². The molecule has 3 nitrogen and oxygen atoms in total. The number of nitrogens with zero attached hydrogens (tertiary/aromatic N) is 3. The van der Waals surface area contributed by atoms with E-state index in [1.54, 1.807) is 34.0 Å². The van der Waals surface area contributed by atoms with Gasteiger partial charge in [-0.1, -0.05) is 54.6 Å². The Labute approximate surface area is 241 Å². The average Bonchev–Trinajstić information content (AvgIpc) is 3.41. The van der Waals surface area contributed by atoms with Crippen molar-refractivity contribution in [1.82, 2.24) is 15.0 Å². The Balaban J connectivity index is 0.000000130. The maximum atomic E-state index is 4.92. The van der Waals surface area contributed by atoms with Crippen LogP contribution >= 0.6 is 34.0 Å². The zero-order valence-corrected chi connectivity index (χ0v) is 23.8. The first-order valence-electron chi connectivity index (χ1n) is 8.66. The monoisotopic (exact) mass is 640 g/mol. The summed E-state index contributed by atoms with van der Waals surface area (Å²) in [5, 5.41) is 0. The minimum atomic E-state index is 0. The molecule has 1 radical (unpaired) electrons. The van der Waals surface area contributed by atoms with Gasteiger partial charge in [0.1, 0.15) is 0 Å². The largest absolute Gasteiger partial charge is 3.00 e. The quantitative estimate of drug-likeness (QED) is 0.174. The van der Waals surface area contributed by atoms with Gasteiger partial charge in [-0.15, -0.1) is 0 Å². The predicted molar refractivity (Wildman–Crippen MR) is 136 cm³/mol. The van der Waals surface area contributed by atoms with Gasteiger partial charge in [-0.2, -0.15) is 0 Å². The van der Waals surface area contributed by atoms with Crippen LogP contribution in [0, 0.1) is 40.8 Å². The maximum absolute atomic E-state index is 4.92. The molecule has 31 heavy (non-hydrogen) atoms. The second-order valence-electron chi connectivity index (χ2n) is 5.84. The molecule has 0 aliphatic rings. The van der Waals surface area contributed by atoms with E-state index in [1.807, 2.05) is 72.8 Å². The molecule has 0 bridgehead atoms. The van der Waals surface area contributed by atoms with E-state index in [4.69, 9.17) is 37.9 Å². The van der Waals surface area contributed by atoms with E-state index in [9.17, 15) is 0 Å². The molecule has 3 heterocycles. The van der Waals surface area contributed by atoms with E-state index in [-0.39, 0.29) is 40.8 Å². The van der Waals surface area contributed by atoms with Crippen molar-refractivity contribution in [2.45, 2.75) is 13.0 Å². The van der Waals surface area contributed by atoms with Crippen molar-refractivity contribution < 1.29 is 40.8 Å². The summed E-state index contributed by atoms with van der Waals surface area (Å²) in [6, 6.07) is 23.9. The minimum Gasteiger partial charge on any atom is -0.408 e. The van der Waals surface area contributed by atoms with Crippen LogP contribution in [0.15, 0.2) is 85.8 Å². The van der Waals surface area contributed by atoms with Gasteiger partial charge in [0.25, 0.3) is 0 Å². The predicted octanol–water partition coefficient (Wildman–Crippen LogP) is 6.61. The Morgan fingerprint density at radius 2 is 0.710 bits per heavy atom. The maximum Gasteiger partial charge on any atom is 3.00 e. The van der Waals surface area contributed by atoms with Crippen LogP contribution in [0.2, 0.25) is 0 Å². The van der Waals surface area contributed by atoms with Gasteiger partial charge in [0.05, 0.1) is 16.6 Å². The topological polar surface area (TPSA) is 38.7 Å². The van der Waals surface area contributed by atoms with Crippen molar-refractivity contribution in [3.8, 4) is 0 Å².